The SMILES string of the molecule is Cc1cccc(N2CCN(c3cnc(C(=O)N4CCCC4)cn3)CC2)c1. The Bertz CT molecular complexity index is 762. The molecule has 26 heavy (non-hydrogen) atoms. The van der Waals surface area contributed by atoms with E-state index in [1.54, 1.807) is 12.4 Å². The Balaban J connectivity index is 1.37. The van der Waals surface area contributed by atoms with E-state index in [-0.39, 0.29) is 5.91 Å². The van der Waals surface area contributed by atoms with Crippen LogP contribution in [-0.2, 0) is 0 Å². The van der Waals surface area contributed by atoms with E-state index in [9.17, 15) is 4.79 Å². The molecule has 2 aliphatic rings. The van der Waals surface area contributed by atoms with Crippen molar-refractivity contribution in [1.82, 2.24) is 14.9 Å². The molecule has 0 aliphatic carbocycles. The molecule has 0 atom stereocenters. The molecule has 1 amide bonds. The molecule has 0 bridgehead atoms. The summed E-state index contributed by atoms with van der Waals surface area (Å²) in [6.07, 6.45) is 5.54. The maximum atomic E-state index is 12.4. The molecule has 1 aromatic carbocycles. The second-order valence-electron chi connectivity index (χ2n) is 7.07. The van der Waals surface area contributed by atoms with Gasteiger partial charge in [0.2, 0.25) is 0 Å². The number of carbonyl (C=O) groups excluding carboxylic acids is 1. The third kappa shape index (κ3) is 3.49. The van der Waals surface area contributed by atoms with Crippen LogP contribution in [0.4, 0.5) is 11.5 Å². The zero-order chi connectivity index (χ0) is 17.9. The van der Waals surface area contributed by atoms with Crippen LogP contribution in [0.2, 0.25) is 0 Å². The Morgan fingerprint density at radius 2 is 1.65 bits per heavy atom. The van der Waals surface area contributed by atoms with Crippen molar-refractivity contribution in [3.8, 4) is 0 Å². The zero-order valence-electron chi connectivity index (χ0n) is 15.3. The van der Waals surface area contributed by atoms with E-state index in [4.69, 9.17) is 0 Å². The quantitative estimate of drug-likeness (QED) is 0.850. The van der Waals surface area contributed by atoms with Gasteiger partial charge in [0, 0.05) is 45.0 Å². The molecule has 3 heterocycles. The maximum absolute atomic E-state index is 12.4. The van der Waals surface area contributed by atoms with Gasteiger partial charge < -0.3 is 14.7 Å². The van der Waals surface area contributed by atoms with Crippen LogP contribution in [0.15, 0.2) is 36.7 Å². The number of rotatable bonds is 3. The summed E-state index contributed by atoms with van der Waals surface area (Å²) in [5.41, 5.74) is 3.02. The van der Waals surface area contributed by atoms with Gasteiger partial charge in [-0.25, -0.2) is 9.97 Å². The van der Waals surface area contributed by atoms with E-state index in [0.29, 0.717) is 5.69 Å². The van der Waals surface area contributed by atoms with E-state index in [1.807, 2.05) is 4.90 Å². The summed E-state index contributed by atoms with van der Waals surface area (Å²) in [5.74, 6) is 0.859. The summed E-state index contributed by atoms with van der Waals surface area (Å²) in [7, 11) is 0. The maximum Gasteiger partial charge on any atom is 0.274 e. The van der Waals surface area contributed by atoms with Crippen molar-refractivity contribution in [3.63, 3.8) is 0 Å². The highest BCUT2D eigenvalue weighted by atomic mass is 16.2. The molecule has 2 saturated heterocycles. The largest absolute Gasteiger partial charge is 0.368 e. The smallest absolute Gasteiger partial charge is 0.274 e. The second-order valence-corrected chi connectivity index (χ2v) is 7.07. The zero-order valence-corrected chi connectivity index (χ0v) is 15.3. The Kier molecular flexibility index (Phi) is 4.73. The minimum atomic E-state index is 0.00539. The average molecular weight is 351 g/mol. The minimum absolute atomic E-state index is 0.00539. The summed E-state index contributed by atoms with van der Waals surface area (Å²) < 4.78 is 0. The van der Waals surface area contributed by atoms with Crippen molar-refractivity contribution < 1.29 is 4.79 Å². The van der Waals surface area contributed by atoms with Gasteiger partial charge in [-0.1, -0.05) is 12.1 Å². The first-order valence-electron chi connectivity index (χ1n) is 9.38. The number of carbonyl (C=O) groups is 1. The van der Waals surface area contributed by atoms with E-state index in [0.717, 1.165) is 57.9 Å². The number of amides is 1. The topological polar surface area (TPSA) is 52.6 Å². The standard InChI is InChI=1S/C20H25N5O/c1-16-5-4-6-17(13-16)23-9-11-24(12-10-23)19-15-21-18(14-22-19)20(26)25-7-2-3-8-25/h4-6,13-15H,2-3,7-12H2,1H3. The van der Waals surface area contributed by atoms with Gasteiger partial charge in [-0.05, 0) is 37.5 Å². The molecule has 2 fully saturated rings. The summed E-state index contributed by atoms with van der Waals surface area (Å²) >= 11 is 0. The van der Waals surface area contributed by atoms with Crippen LogP contribution >= 0.6 is 0 Å². The molecular formula is C20H25N5O. The van der Waals surface area contributed by atoms with Crippen LogP contribution in [0.1, 0.15) is 28.9 Å². The molecule has 0 unspecified atom stereocenters. The third-order valence-electron chi connectivity index (χ3n) is 5.22. The first kappa shape index (κ1) is 16.8. The lowest BCUT2D eigenvalue weighted by molar-refractivity contribution is 0.0786. The van der Waals surface area contributed by atoms with Gasteiger partial charge in [0.25, 0.3) is 5.91 Å². The molecule has 136 valence electrons. The van der Waals surface area contributed by atoms with Crippen LogP contribution in [0, 0.1) is 6.92 Å². The fraction of sp³-hybridized carbons (Fsp3) is 0.450. The molecule has 0 spiro atoms. The van der Waals surface area contributed by atoms with E-state index < -0.39 is 0 Å². The minimum Gasteiger partial charge on any atom is -0.368 e. The lowest BCUT2D eigenvalue weighted by Gasteiger charge is -2.36. The summed E-state index contributed by atoms with van der Waals surface area (Å²) in [5, 5.41) is 0. The Morgan fingerprint density at radius 1 is 0.923 bits per heavy atom. The number of aryl methyl sites for hydroxylation is 1. The second kappa shape index (κ2) is 7.32. The Labute approximate surface area is 154 Å². The van der Waals surface area contributed by atoms with Crippen LogP contribution in [0.25, 0.3) is 0 Å². The Hall–Kier alpha value is -2.63. The fourth-order valence-corrected chi connectivity index (χ4v) is 3.70. The van der Waals surface area contributed by atoms with Crippen molar-refractivity contribution in [1.29, 1.82) is 0 Å². The molecule has 2 aliphatic heterocycles. The predicted octanol–water partition coefficient (Wildman–Crippen LogP) is 2.35. The van der Waals surface area contributed by atoms with Crippen molar-refractivity contribution >= 4 is 17.4 Å². The first-order valence-corrected chi connectivity index (χ1v) is 9.38. The summed E-state index contributed by atoms with van der Waals surface area (Å²) in [6.45, 7) is 7.52. The number of hydrogen-bond acceptors (Lipinski definition) is 5. The highest BCUT2D eigenvalue weighted by Crippen LogP contribution is 2.20. The molecule has 6 heteroatoms. The van der Waals surface area contributed by atoms with Crippen LogP contribution in [0.3, 0.4) is 0 Å². The van der Waals surface area contributed by atoms with Crippen molar-refractivity contribution in [3.05, 3.63) is 47.9 Å². The van der Waals surface area contributed by atoms with Crippen molar-refractivity contribution in [2.24, 2.45) is 0 Å². The molecular weight excluding hydrogens is 326 g/mol. The average Bonchev–Trinajstić information content (AvgIpc) is 3.23. The van der Waals surface area contributed by atoms with Gasteiger partial charge in [-0.2, -0.15) is 0 Å². The van der Waals surface area contributed by atoms with Gasteiger partial charge in [0.1, 0.15) is 11.5 Å². The molecule has 0 radical (unpaired) electrons. The van der Waals surface area contributed by atoms with E-state index >= 15 is 0 Å². The molecule has 4 rings (SSSR count). The van der Waals surface area contributed by atoms with E-state index in [2.05, 4.69) is 51.0 Å². The molecule has 2 aromatic rings. The number of aromatic nitrogens is 2. The number of benzene rings is 1. The van der Waals surface area contributed by atoms with Gasteiger partial charge >= 0.3 is 0 Å². The van der Waals surface area contributed by atoms with Crippen molar-refractivity contribution in [2.45, 2.75) is 19.8 Å². The number of piperazine rings is 1. The fourth-order valence-electron chi connectivity index (χ4n) is 3.70. The molecule has 0 N–H and O–H groups in total. The van der Waals surface area contributed by atoms with Crippen LogP contribution < -0.4 is 9.80 Å². The normalized spacial score (nSPS) is 17.7. The number of hydrogen-bond donors (Lipinski definition) is 0. The van der Waals surface area contributed by atoms with Gasteiger partial charge in [0.05, 0.1) is 12.4 Å². The number of anilines is 2. The monoisotopic (exact) mass is 351 g/mol. The van der Waals surface area contributed by atoms with Gasteiger partial charge in [-0.15, -0.1) is 0 Å². The Morgan fingerprint density at radius 3 is 2.31 bits per heavy atom. The number of nitrogens with zero attached hydrogens (tertiary/aromatic N) is 5. The van der Waals surface area contributed by atoms with Crippen LogP contribution in [-0.4, -0.2) is 60.0 Å². The lowest BCUT2D eigenvalue weighted by atomic mass is 10.2. The molecule has 6 nitrogen and oxygen atoms in total. The highest BCUT2D eigenvalue weighted by Gasteiger charge is 2.22. The third-order valence-corrected chi connectivity index (χ3v) is 5.22. The molecule has 1 aromatic heterocycles. The van der Waals surface area contributed by atoms with Crippen LogP contribution in [0.5, 0.6) is 0 Å². The summed E-state index contributed by atoms with van der Waals surface area (Å²) in [6, 6.07) is 8.63. The highest BCUT2D eigenvalue weighted by molar-refractivity contribution is 5.92. The summed E-state index contributed by atoms with van der Waals surface area (Å²) in [4.78, 5) is 27.8. The van der Waals surface area contributed by atoms with E-state index in [1.165, 1.54) is 11.3 Å². The van der Waals surface area contributed by atoms with Crippen molar-refractivity contribution in [2.75, 3.05) is 49.1 Å². The molecule has 0 saturated carbocycles. The van der Waals surface area contributed by atoms with Gasteiger partial charge in [0.15, 0.2) is 0 Å². The predicted molar refractivity (Wildman–Crippen MR) is 103 cm³/mol. The van der Waals surface area contributed by atoms with Gasteiger partial charge in [-0.3, -0.25) is 4.79 Å². The number of likely N-dealkylation sites (tertiary alicyclic amines) is 1. The lowest BCUT2D eigenvalue weighted by Crippen LogP contribution is -2.47. The first-order chi connectivity index (χ1) is 12.7.